The molecule has 1 saturated heterocycles. The van der Waals surface area contributed by atoms with Crippen LogP contribution in [0.25, 0.3) is 0 Å². The fourth-order valence-corrected chi connectivity index (χ4v) is 2.39. The molecule has 0 aromatic heterocycles. The zero-order chi connectivity index (χ0) is 13.8. The van der Waals surface area contributed by atoms with E-state index in [0.29, 0.717) is 16.6 Å². The zero-order valence-corrected chi connectivity index (χ0v) is 12.2. The Morgan fingerprint density at radius 1 is 1.21 bits per heavy atom. The molecule has 6 heteroatoms. The summed E-state index contributed by atoms with van der Waals surface area (Å²) in [7, 11) is 1.41. The molecule has 104 valence electrons. The van der Waals surface area contributed by atoms with E-state index in [-0.39, 0.29) is 5.97 Å². The Labute approximate surface area is 122 Å². The number of piperazine rings is 1. The van der Waals surface area contributed by atoms with Gasteiger partial charge in [0.2, 0.25) is 0 Å². The fourth-order valence-electron chi connectivity index (χ4n) is 2.09. The maximum atomic E-state index is 11.2. The summed E-state index contributed by atoms with van der Waals surface area (Å²) >= 11 is 11.9. The van der Waals surface area contributed by atoms with Crippen LogP contribution < -0.4 is 4.90 Å². The number of nitrogens with zero attached hydrogens (tertiary/aromatic N) is 2. The molecule has 1 heterocycles. The van der Waals surface area contributed by atoms with Crippen LogP contribution in [0.1, 0.15) is 0 Å². The predicted octanol–water partition coefficient (Wildman–Crippen LogP) is 2.29. The second-order valence-electron chi connectivity index (χ2n) is 4.44. The summed E-state index contributed by atoms with van der Waals surface area (Å²) in [6, 6.07) is 5.64. The van der Waals surface area contributed by atoms with Crippen molar-refractivity contribution >= 4 is 34.9 Å². The van der Waals surface area contributed by atoms with Crippen LogP contribution in [0.15, 0.2) is 18.2 Å². The van der Waals surface area contributed by atoms with Gasteiger partial charge in [0.15, 0.2) is 0 Å². The van der Waals surface area contributed by atoms with Gasteiger partial charge in [-0.3, -0.25) is 9.69 Å². The first kappa shape index (κ1) is 14.4. The van der Waals surface area contributed by atoms with Crippen molar-refractivity contribution < 1.29 is 9.53 Å². The van der Waals surface area contributed by atoms with Crippen molar-refractivity contribution in [3.63, 3.8) is 0 Å². The van der Waals surface area contributed by atoms with Gasteiger partial charge >= 0.3 is 5.97 Å². The van der Waals surface area contributed by atoms with Gasteiger partial charge in [0.1, 0.15) is 0 Å². The maximum absolute atomic E-state index is 11.2. The molecule has 1 aromatic rings. The lowest BCUT2D eigenvalue weighted by Gasteiger charge is -2.35. The third-order valence-electron chi connectivity index (χ3n) is 3.22. The molecule has 0 atom stereocenters. The lowest BCUT2D eigenvalue weighted by molar-refractivity contribution is -0.142. The molecule has 0 saturated carbocycles. The molecule has 19 heavy (non-hydrogen) atoms. The molecule has 0 bridgehead atoms. The Bertz CT molecular complexity index is 460. The number of hydrogen-bond donors (Lipinski definition) is 0. The molecule has 0 N–H and O–H groups in total. The molecule has 2 rings (SSSR count). The molecule has 4 nitrogen and oxygen atoms in total. The van der Waals surface area contributed by atoms with E-state index >= 15 is 0 Å². The van der Waals surface area contributed by atoms with Crippen LogP contribution in [-0.4, -0.2) is 50.7 Å². The number of carbonyl (C=O) groups is 1. The van der Waals surface area contributed by atoms with Crippen molar-refractivity contribution in [2.24, 2.45) is 0 Å². The van der Waals surface area contributed by atoms with E-state index in [1.165, 1.54) is 7.11 Å². The molecular weight excluding hydrogens is 287 g/mol. The summed E-state index contributed by atoms with van der Waals surface area (Å²) in [5.41, 5.74) is 1.06. The SMILES string of the molecule is COC(=O)CN1CCN(c2ccc(Cl)c(Cl)c2)CC1. The monoisotopic (exact) mass is 302 g/mol. The number of anilines is 1. The lowest BCUT2D eigenvalue weighted by atomic mass is 10.2. The fraction of sp³-hybridized carbons (Fsp3) is 0.462. The highest BCUT2D eigenvalue weighted by Crippen LogP contribution is 2.27. The first-order chi connectivity index (χ1) is 9.10. The van der Waals surface area contributed by atoms with E-state index in [1.54, 1.807) is 6.07 Å². The van der Waals surface area contributed by atoms with Crippen molar-refractivity contribution in [2.75, 3.05) is 44.7 Å². The van der Waals surface area contributed by atoms with Crippen LogP contribution in [-0.2, 0) is 9.53 Å². The van der Waals surface area contributed by atoms with Crippen LogP contribution >= 0.6 is 23.2 Å². The van der Waals surface area contributed by atoms with Crippen molar-refractivity contribution in [1.29, 1.82) is 0 Å². The lowest BCUT2D eigenvalue weighted by Crippen LogP contribution is -2.48. The molecule has 0 unspecified atom stereocenters. The molecule has 1 aliphatic rings. The summed E-state index contributed by atoms with van der Waals surface area (Å²) < 4.78 is 4.67. The van der Waals surface area contributed by atoms with Gasteiger partial charge in [-0.2, -0.15) is 0 Å². The van der Waals surface area contributed by atoms with Crippen LogP contribution in [0.3, 0.4) is 0 Å². The van der Waals surface area contributed by atoms with E-state index in [1.807, 2.05) is 12.1 Å². The molecule has 0 aliphatic carbocycles. The van der Waals surface area contributed by atoms with Gasteiger partial charge in [-0.25, -0.2) is 0 Å². The van der Waals surface area contributed by atoms with Crippen LogP contribution in [0.2, 0.25) is 10.0 Å². The van der Waals surface area contributed by atoms with Gasteiger partial charge in [-0.1, -0.05) is 23.2 Å². The summed E-state index contributed by atoms with van der Waals surface area (Å²) in [6.07, 6.45) is 0. The molecule has 0 spiro atoms. The van der Waals surface area contributed by atoms with E-state index in [0.717, 1.165) is 31.9 Å². The number of ether oxygens (including phenoxy) is 1. The molecule has 1 aliphatic heterocycles. The average molecular weight is 303 g/mol. The zero-order valence-electron chi connectivity index (χ0n) is 10.7. The number of halogens is 2. The Kier molecular flexibility index (Phi) is 4.91. The van der Waals surface area contributed by atoms with Gasteiger partial charge in [0.25, 0.3) is 0 Å². The number of hydrogen-bond acceptors (Lipinski definition) is 4. The van der Waals surface area contributed by atoms with Crippen LogP contribution in [0.4, 0.5) is 5.69 Å². The highest BCUT2D eigenvalue weighted by molar-refractivity contribution is 6.42. The predicted molar refractivity (Wildman–Crippen MR) is 77.1 cm³/mol. The summed E-state index contributed by atoms with van der Waals surface area (Å²) in [6.45, 7) is 3.72. The van der Waals surface area contributed by atoms with E-state index in [4.69, 9.17) is 23.2 Å². The third kappa shape index (κ3) is 3.75. The summed E-state index contributed by atoms with van der Waals surface area (Å²) in [5, 5.41) is 1.13. The Hall–Kier alpha value is -0.970. The number of methoxy groups -OCH3 is 1. The number of rotatable bonds is 3. The molecule has 1 aromatic carbocycles. The van der Waals surface area contributed by atoms with Gasteiger partial charge in [-0.15, -0.1) is 0 Å². The van der Waals surface area contributed by atoms with Gasteiger partial charge < -0.3 is 9.64 Å². The smallest absolute Gasteiger partial charge is 0.319 e. The Morgan fingerprint density at radius 2 is 1.89 bits per heavy atom. The summed E-state index contributed by atoms with van der Waals surface area (Å²) in [5.74, 6) is -0.192. The molecule has 0 radical (unpaired) electrons. The van der Waals surface area contributed by atoms with Gasteiger partial charge in [0, 0.05) is 31.9 Å². The van der Waals surface area contributed by atoms with Gasteiger partial charge in [0.05, 0.1) is 23.7 Å². The number of esters is 1. The van der Waals surface area contributed by atoms with Crippen molar-refractivity contribution in [3.8, 4) is 0 Å². The molecular formula is C13H16Cl2N2O2. The molecule has 1 fully saturated rings. The van der Waals surface area contributed by atoms with Crippen molar-refractivity contribution in [2.45, 2.75) is 0 Å². The quantitative estimate of drug-likeness (QED) is 0.802. The second-order valence-corrected chi connectivity index (χ2v) is 5.25. The maximum Gasteiger partial charge on any atom is 0.319 e. The topological polar surface area (TPSA) is 32.8 Å². The Balaban J connectivity index is 1.92. The van der Waals surface area contributed by atoms with Crippen LogP contribution in [0.5, 0.6) is 0 Å². The highest BCUT2D eigenvalue weighted by atomic mass is 35.5. The summed E-state index contributed by atoms with van der Waals surface area (Å²) in [4.78, 5) is 15.5. The largest absolute Gasteiger partial charge is 0.468 e. The highest BCUT2D eigenvalue weighted by Gasteiger charge is 2.19. The van der Waals surface area contributed by atoms with Gasteiger partial charge in [-0.05, 0) is 18.2 Å². The second kappa shape index (κ2) is 6.46. The first-order valence-corrected chi connectivity index (χ1v) is 6.85. The normalized spacial score (nSPS) is 16.5. The first-order valence-electron chi connectivity index (χ1n) is 6.09. The number of carbonyl (C=O) groups excluding carboxylic acids is 1. The third-order valence-corrected chi connectivity index (χ3v) is 3.96. The van der Waals surface area contributed by atoms with E-state index in [9.17, 15) is 4.79 Å². The minimum atomic E-state index is -0.192. The average Bonchev–Trinajstić information content (AvgIpc) is 2.42. The Morgan fingerprint density at radius 3 is 2.47 bits per heavy atom. The van der Waals surface area contributed by atoms with E-state index < -0.39 is 0 Å². The molecule has 0 amide bonds. The van der Waals surface area contributed by atoms with Crippen LogP contribution in [0, 0.1) is 0 Å². The van der Waals surface area contributed by atoms with E-state index in [2.05, 4.69) is 14.5 Å². The minimum Gasteiger partial charge on any atom is -0.468 e. The number of benzene rings is 1. The van der Waals surface area contributed by atoms with Crippen molar-refractivity contribution in [1.82, 2.24) is 4.90 Å². The van der Waals surface area contributed by atoms with Crippen molar-refractivity contribution in [3.05, 3.63) is 28.2 Å². The minimum absolute atomic E-state index is 0.192. The standard InChI is InChI=1S/C13H16Cl2N2O2/c1-19-13(18)9-16-4-6-17(7-5-16)10-2-3-11(14)12(15)8-10/h2-3,8H,4-7,9H2,1H3.